The van der Waals surface area contributed by atoms with E-state index in [0.717, 1.165) is 22.9 Å². The molecule has 5 nitrogen and oxygen atoms in total. The first-order valence-electron chi connectivity index (χ1n) is 7.77. The molecule has 0 saturated heterocycles. The lowest BCUT2D eigenvalue weighted by Gasteiger charge is -2.04. The first-order chi connectivity index (χ1) is 12.6. The van der Waals surface area contributed by atoms with Crippen LogP contribution in [0.5, 0.6) is 0 Å². The molecule has 4 rings (SSSR count). The smallest absolute Gasteiger partial charge is 0.295 e. The molecule has 1 N–H and O–H groups in total. The van der Waals surface area contributed by atoms with Crippen molar-refractivity contribution in [1.29, 1.82) is 0 Å². The number of carbonyl (C=O) groups is 1. The zero-order valence-corrected chi connectivity index (χ0v) is 13.4. The summed E-state index contributed by atoms with van der Waals surface area (Å²) in [7, 11) is 0. The van der Waals surface area contributed by atoms with Gasteiger partial charge in [-0.15, -0.1) is 5.10 Å². The van der Waals surface area contributed by atoms with Crippen LogP contribution in [0.4, 0.5) is 14.5 Å². The molecule has 0 bridgehead atoms. The van der Waals surface area contributed by atoms with Crippen LogP contribution in [0, 0.1) is 11.6 Å². The van der Waals surface area contributed by atoms with Gasteiger partial charge < -0.3 is 5.32 Å². The van der Waals surface area contributed by atoms with E-state index in [4.69, 9.17) is 0 Å². The second-order valence-electron chi connectivity index (χ2n) is 5.63. The van der Waals surface area contributed by atoms with E-state index >= 15 is 0 Å². The number of amides is 1. The van der Waals surface area contributed by atoms with Crippen molar-refractivity contribution < 1.29 is 13.6 Å². The monoisotopic (exact) mass is 350 g/mol. The Hall–Kier alpha value is -3.61. The lowest BCUT2D eigenvalue weighted by molar-refractivity contribution is 0.101. The highest BCUT2D eigenvalue weighted by Gasteiger charge is 2.13. The third-order valence-electron chi connectivity index (χ3n) is 3.87. The summed E-state index contributed by atoms with van der Waals surface area (Å²) in [6, 6.07) is 16.6. The van der Waals surface area contributed by atoms with E-state index in [2.05, 4.69) is 15.4 Å². The molecule has 7 heteroatoms. The van der Waals surface area contributed by atoms with Crippen molar-refractivity contribution in [3.63, 3.8) is 0 Å². The fraction of sp³-hybridized carbons (Fsp3) is 0. The zero-order chi connectivity index (χ0) is 18.1. The first-order valence-corrected chi connectivity index (χ1v) is 7.77. The molecule has 0 unspecified atom stereocenters. The van der Waals surface area contributed by atoms with Crippen molar-refractivity contribution in [1.82, 2.24) is 14.8 Å². The van der Waals surface area contributed by atoms with Crippen LogP contribution in [-0.2, 0) is 0 Å². The summed E-state index contributed by atoms with van der Waals surface area (Å²) in [5.74, 6) is -2.53. The third-order valence-corrected chi connectivity index (χ3v) is 3.87. The molecular weight excluding hydrogens is 338 g/mol. The van der Waals surface area contributed by atoms with Gasteiger partial charge in [-0.05, 0) is 35.0 Å². The Morgan fingerprint density at radius 3 is 2.54 bits per heavy atom. The van der Waals surface area contributed by atoms with Crippen molar-refractivity contribution >= 4 is 22.4 Å². The minimum Gasteiger partial charge on any atom is -0.319 e. The molecule has 0 fully saturated rings. The molecule has 0 saturated carbocycles. The third kappa shape index (κ3) is 3.02. The number of hydrogen-bond acceptors (Lipinski definition) is 3. The Morgan fingerprint density at radius 2 is 1.73 bits per heavy atom. The molecule has 26 heavy (non-hydrogen) atoms. The number of nitrogens with one attached hydrogen (secondary N) is 1. The molecule has 128 valence electrons. The Bertz CT molecular complexity index is 1120. The highest BCUT2D eigenvalue weighted by molar-refractivity contribution is 6.02. The molecule has 1 amide bonds. The summed E-state index contributed by atoms with van der Waals surface area (Å²) < 4.78 is 27.6. The summed E-state index contributed by atoms with van der Waals surface area (Å²) >= 11 is 0. The highest BCUT2D eigenvalue weighted by Crippen LogP contribution is 2.19. The molecule has 1 heterocycles. The minimum atomic E-state index is -1.000. The number of rotatable bonds is 3. The van der Waals surface area contributed by atoms with Crippen LogP contribution in [-0.4, -0.2) is 20.7 Å². The van der Waals surface area contributed by atoms with Crippen LogP contribution < -0.4 is 5.32 Å². The molecule has 0 aliphatic heterocycles. The minimum absolute atomic E-state index is 0.0807. The predicted molar refractivity (Wildman–Crippen MR) is 93.2 cm³/mol. The number of halogens is 2. The van der Waals surface area contributed by atoms with Gasteiger partial charge in [-0.1, -0.05) is 30.3 Å². The van der Waals surface area contributed by atoms with Gasteiger partial charge in [0.1, 0.15) is 6.33 Å². The maximum atomic E-state index is 13.3. The van der Waals surface area contributed by atoms with E-state index in [1.807, 2.05) is 36.4 Å². The summed E-state index contributed by atoms with van der Waals surface area (Å²) in [6.07, 6.45) is 1.27. The van der Waals surface area contributed by atoms with Crippen LogP contribution >= 0.6 is 0 Å². The molecular formula is C19H12F2N4O. The maximum Gasteiger partial charge on any atom is 0.295 e. The van der Waals surface area contributed by atoms with Crippen molar-refractivity contribution in [2.75, 3.05) is 5.32 Å². The van der Waals surface area contributed by atoms with Gasteiger partial charge in [0, 0.05) is 11.8 Å². The van der Waals surface area contributed by atoms with E-state index in [-0.39, 0.29) is 11.5 Å². The Labute approximate surface area is 146 Å². The number of carbonyl (C=O) groups excluding carboxylic acids is 1. The SMILES string of the molecule is O=C(Nc1ccc2ccccc2c1)c1ncn(-c2ccc(F)c(F)c2)n1. The van der Waals surface area contributed by atoms with Crippen molar-refractivity contribution in [3.05, 3.63) is 84.4 Å². The standard InChI is InChI=1S/C19H12F2N4O/c20-16-8-7-15(10-17(16)21)25-11-22-18(24-25)19(26)23-14-6-5-12-3-1-2-4-13(12)9-14/h1-11H,(H,23,26). The molecule has 0 aliphatic rings. The van der Waals surface area contributed by atoms with Gasteiger partial charge in [-0.2, -0.15) is 0 Å². The van der Waals surface area contributed by atoms with Gasteiger partial charge in [-0.3, -0.25) is 4.79 Å². The normalized spacial score (nSPS) is 10.8. The van der Waals surface area contributed by atoms with Crippen LogP contribution in [0.1, 0.15) is 10.6 Å². The second-order valence-corrected chi connectivity index (χ2v) is 5.63. The molecule has 0 atom stereocenters. The summed E-state index contributed by atoms with van der Waals surface area (Å²) in [5, 5.41) is 8.79. The van der Waals surface area contributed by atoms with Crippen LogP contribution in [0.25, 0.3) is 16.5 Å². The van der Waals surface area contributed by atoms with E-state index in [9.17, 15) is 13.6 Å². The lowest BCUT2D eigenvalue weighted by atomic mass is 10.1. The summed E-state index contributed by atoms with van der Waals surface area (Å²) in [6.45, 7) is 0. The average Bonchev–Trinajstić information content (AvgIpc) is 3.14. The number of aromatic nitrogens is 3. The summed E-state index contributed by atoms with van der Waals surface area (Å²) in [4.78, 5) is 16.3. The van der Waals surface area contributed by atoms with E-state index in [1.54, 1.807) is 6.07 Å². The molecule has 3 aromatic carbocycles. The molecule has 0 spiro atoms. The molecule has 0 aliphatic carbocycles. The van der Waals surface area contributed by atoms with Gasteiger partial charge >= 0.3 is 0 Å². The number of anilines is 1. The lowest BCUT2D eigenvalue weighted by Crippen LogP contribution is -2.14. The number of hydrogen-bond donors (Lipinski definition) is 1. The van der Waals surface area contributed by atoms with Crippen molar-refractivity contribution in [2.24, 2.45) is 0 Å². The fourth-order valence-electron chi connectivity index (χ4n) is 2.57. The van der Waals surface area contributed by atoms with Gasteiger partial charge in [0.15, 0.2) is 11.6 Å². The Balaban J connectivity index is 1.56. The highest BCUT2D eigenvalue weighted by atomic mass is 19.2. The first kappa shape index (κ1) is 15.9. The number of nitrogens with zero attached hydrogens (tertiary/aromatic N) is 3. The van der Waals surface area contributed by atoms with Crippen molar-refractivity contribution in [3.8, 4) is 5.69 Å². The fourth-order valence-corrected chi connectivity index (χ4v) is 2.57. The molecule has 4 aromatic rings. The van der Waals surface area contributed by atoms with Crippen LogP contribution in [0.3, 0.4) is 0 Å². The van der Waals surface area contributed by atoms with Gasteiger partial charge in [-0.25, -0.2) is 18.4 Å². The number of benzene rings is 3. The summed E-state index contributed by atoms with van der Waals surface area (Å²) in [5.41, 5.74) is 0.874. The number of fused-ring (bicyclic) bond motifs is 1. The largest absolute Gasteiger partial charge is 0.319 e. The van der Waals surface area contributed by atoms with Crippen molar-refractivity contribution in [2.45, 2.75) is 0 Å². The van der Waals surface area contributed by atoms with Gasteiger partial charge in [0.2, 0.25) is 5.82 Å². The molecule has 0 radical (unpaired) electrons. The van der Waals surface area contributed by atoms with Gasteiger partial charge in [0.05, 0.1) is 5.69 Å². The average molecular weight is 350 g/mol. The molecule has 1 aromatic heterocycles. The quantitative estimate of drug-likeness (QED) is 0.609. The van der Waals surface area contributed by atoms with Crippen LogP contribution in [0.15, 0.2) is 67.0 Å². The van der Waals surface area contributed by atoms with Gasteiger partial charge in [0.25, 0.3) is 5.91 Å². The maximum absolute atomic E-state index is 13.3. The van der Waals surface area contributed by atoms with E-state index < -0.39 is 17.5 Å². The zero-order valence-electron chi connectivity index (χ0n) is 13.4. The van der Waals surface area contributed by atoms with E-state index in [1.165, 1.54) is 17.1 Å². The second kappa shape index (κ2) is 6.36. The topological polar surface area (TPSA) is 59.8 Å². The Morgan fingerprint density at radius 1 is 0.923 bits per heavy atom. The Kier molecular flexibility index (Phi) is 3.89. The predicted octanol–water partition coefficient (Wildman–Crippen LogP) is 3.95. The van der Waals surface area contributed by atoms with E-state index in [0.29, 0.717) is 5.69 Å². The van der Waals surface area contributed by atoms with Crippen LogP contribution in [0.2, 0.25) is 0 Å².